The highest BCUT2D eigenvalue weighted by Gasteiger charge is 2.24. The molecule has 4 rings (SSSR count). The monoisotopic (exact) mass is 510 g/mol. The molecule has 2 heterocycles. The lowest BCUT2D eigenvalue weighted by atomic mass is 10.2. The van der Waals surface area contributed by atoms with E-state index in [4.69, 9.17) is 4.74 Å². The summed E-state index contributed by atoms with van der Waals surface area (Å²) >= 11 is 4.70. The largest absolute Gasteiger partial charge is 0.439 e. The third kappa shape index (κ3) is 5.21. The van der Waals surface area contributed by atoms with Gasteiger partial charge in [0.2, 0.25) is 5.88 Å². The Balaban J connectivity index is 1.45. The first-order valence-electron chi connectivity index (χ1n) is 9.31. The zero-order valence-corrected chi connectivity index (χ0v) is 19.0. The standard InChI is InChI=1S/C22H15BrN4O4S/c1-13-10-15(23)4-8-18(13)25-22-26-21(28)19(32-22)11-14-2-6-17(7-3-14)31-20-9-5-16(12-24-20)27(29)30/h2-12H,1H3,(H,25,26,28)/b19-11-. The second-order valence-corrected chi connectivity index (χ2v) is 8.64. The Morgan fingerprint density at radius 2 is 1.97 bits per heavy atom. The Kier molecular flexibility index (Phi) is 6.33. The summed E-state index contributed by atoms with van der Waals surface area (Å²) in [5.74, 6) is 0.556. The van der Waals surface area contributed by atoms with Gasteiger partial charge in [-0.2, -0.15) is 0 Å². The van der Waals surface area contributed by atoms with E-state index in [1.807, 2.05) is 25.1 Å². The number of amides is 1. The summed E-state index contributed by atoms with van der Waals surface area (Å²) in [6, 6.07) is 15.6. The van der Waals surface area contributed by atoms with Crippen LogP contribution in [0.2, 0.25) is 0 Å². The van der Waals surface area contributed by atoms with Crippen molar-refractivity contribution >= 4 is 56.2 Å². The van der Waals surface area contributed by atoms with E-state index in [-0.39, 0.29) is 17.5 Å². The Hall–Kier alpha value is -3.50. The molecule has 1 fully saturated rings. The van der Waals surface area contributed by atoms with Crippen LogP contribution in [0.15, 0.2) is 75.2 Å². The summed E-state index contributed by atoms with van der Waals surface area (Å²) < 4.78 is 6.57. The minimum Gasteiger partial charge on any atom is -0.439 e. The topological polar surface area (TPSA) is 107 Å². The highest BCUT2D eigenvalue weighted by Crippen LogP contribution is 2.30. The molecule has 0 aliphatic carbocycles. The van der Waals surface area contributed by atoms with Crippen LogP contribution in [0.3, 0.4) is 0 Å². The van der Waals surface area contributed by atoms with Gasteiger partial charge in [0, 0.05) is 16.6 Å². The fourth-order valence-corrected chi connectivity index (χ4v) is 4.09. The molecule has 1 N–H and O–H groups in total. The first-order chi connectivity index (χ1) is 15.4. The Morgan fingerprint density at radius 1 is 1.19 bits per heavy atom. The number of nitrogens with one attached hydrogen (secondary N) is 1. The second kappa shape index (κ2) is 9.33. The summed E-state index contributed by atoms with van der Waals surface area (Å²) in [5, 5.41) is 14.0. The number of nitro groups is 1. The molecule has 0 radical (unpaired) electrons. The van der Waals surface area contributed by atoms with Crippen LogP contribution in [0.1, 0.15) is 11.1 Å². The third-order valence-electron chi connectivity index (χ3n) is 4.36. The van der Waals surface area contributed by atoms with E-state index in [0.717, 1.165) is 27.5 Å². The number of hydrogen-bond acceptors (Lipinski definition) is 7. The zero-order valence-electron chi connectivity index (χ0n) is 16.6. The smallest absolute Gasteiger partial charge is 0.287 e. The number of aliphatic imine (C=N–C) groups is 1. The average Bonchev–Trinajstić information content (AvgIpc) is 3.10. The molecule has 0 atom stereocenters. The molecule has 10 heteroatoms. The first kappa shape index (κ1) is 21.7. The molecule has 160 valence electrons. The van der Waals surface area contributed by atoms with Crippen LogP contribution in [0.25, 0.3) is 6.08 Å². The molecule has 32 heavy (non-hydrogen) atoms. The van der Waals surface area contributed by atoms with Crippen molar-refractivity contribution in [2.75, 3.05) is 0 Å². The van der Waals surface area contributed by atoms with Crippen LogP contribution >= 0.6 is 27.7 Å². The maximum absolute atomic E-state index is 12.3. The maximum atomic E-state index is 12.3. The fourth-order valence-electron chi connectivity index (χ4n) is 2.78. The predicted octanol–water partition coefficient (Wildman–Crippen LogP) is 5.74. The van der Waals surface area contributed by atoms with Crippen LogP contribution in [0.5, 0.6) is 11.6 Å². The normalized spacial score (nSPS) is 15.8. The maximum Gasteiger partial charge on any atom is 0.287 e. The molecule has 2 aromatic carbocycles. The SMILES string of the molecule is Cc1cc(Br)ccc1N=C1NC(=O)/C(=C/c2ccc(Oc3ccc([N+](=O)[O-])cn3)cc2)S1. The third-order valence-corrected chi connectivity index (χ3v) is 5.77. The molecule has 1 amide bonds. The van der Waals surface area contributed by atoms with Gasteiger partial charge in [-0.3, -0.25) is 14.9 Å². The average molecular weight is 511 g/mol. The predicted molar refractivity (Wildman–Crippen MR) is 127 cm³/mol. The molecule has 3 aromatic rings. The van der Waals surface area contributed by atoms with Crippen molar-refractivity contribution in [3.8, 4) is 11.6 Å². The summed E-state index contributed by atoms with van der Waals surface area (Å²) in [6.45, 7) is 1.96. The number of nitrogens with zero attached hydrogens (tertiary/aromatic N) is 3. The molecule has 1 aliphatic rings. The molecule has 0 bridgehead atoms. The Morgan fingerprint density at radius 3 is 2.62 bits per heavy atom. The van der Waals surface area contributed by atoms with E-state index in [1.165, 1.54) is 23.9 Å². The molecule has 1 saturated heterocycles. The number of carbonyl (C=O) groups excluding carboxylic acids is 1. The summed E-state index contributed by atoms with van der Waals surface area (Å²) in [6.07, 6.45) is 2.91. The van der Waals surface area contributed by atoms with Gasteiger partial charge in [-0.05, 0) is 66.2 Å². The van der Waals surface area contributed by atoms with Crippen molar-refractivity contribution < 1.29 is 14.5 Å². The number of aryl methyl sites for hydroxylation is 1. The van der Waals surface area contributed by atoms with Gasteiger partial charge < -0.3 is 10.1 Å². The molecule has 8 nitrogen and oxygen atoms in total. The quantitative estimate of drug-likeness (QED) is 0.266. The number of ether oxygens (including phenoxy) is 1. The highest BCUT2D eigenvalue weighted by atomic mass is 79.9. The lowest BCUT2D eigenvalue weighted by Gasteiger charge is -2.04. The van der Waals surface area contributed by atoms with E-state index in [2.05, 4.69) is 31.2 Å². The minimum absolute atomic E-state index is 0.107. The van der Waals surface area contributed by atoms with Gasteiger partial charge in [0.1, 0.15) is 11.9 Å². The van der Waals surface area contributed by atoms with Gasteiger partial charge in [0.15, 0.2) is 5.17 Å². The number of amidine groups is 1. The van der Waals surface area contributed by atoms with Gasteiger partial charge in [0.25, 0.3) is 11.6 Å². The summed E-state index contributed by atoms with van der Waals surface area (Å²) in [5.41, 5.74) is 2.49. The summed E-state index contributed by atoms with van der Waals surface area (Å²) in [4.78, 5) is 31.5. The van der Waals surface area contributed by atoms with Gasteiger partial charge in [-0.25, -0.2) is 9.98 Å². The van der Waals surface area contributed by atoms with Crippen LogP contribution < -0.4 is 10.1 Å². The van der Waals surface area contributed by atoms with Crippen LogP contribution in [0, 0.1) is 17.0 Å². The lowest BCUT2D eigenvalue weighted by Crippen LogP contribution is -2.19. The number of hydrogen-bond donors (Lipinski definition) is 1. The van der Waals surface area contributed by atoms with Crippen molar-refractivity contribution in [1.29, 1.82) is 0 Å². The number of benzene rings is 2. The lowest BCUT2D eigenvalue weighted by molar-refractivity contribution is -0.385. The number of pyridine rings is 1. The molecule has 1 aliphatic heterocycles. The number of thioether (sulfide) groups is 1. The number of carbonyl (C=O) groups is 1. The number of rotatable bonds is 5. The minimum atomic E-state index is -0.521. The molecule has 0 unspecified atom stereocenters. The van der Waals surface area contributed by atoms with Gasteiger partial charge in [-0.15, -0.1) is 0 Å². The highest BCUT2D eigenvalue weighted by molar-refractivity contribution is 9.10. The van der Waals surface area contributed by atoms with E-state index in [0.29, 0.717) is 15.8 Å². The van der Waals surface area contributed by atoms with E-state index in [1.54, 1.807) is 30.3 Å². The zero-order chi connectivity index (χ0) is 22.7. The fraction of sp³-hybridized carbons (Fsp3) is 0.0455. The van der Waals surface area contributed by atoms with Crippen LogP contribution in [-0.2, 0) is 4.79 Å². The van der Waals surface area contributed by atoms with E-state index in [9.17, 15) is 14.9 Å². The first-order valence-corrected chi connectivity index (χ1v) is 10.9. The van der Waals surface area contributed by atoms with Gasteiger partial charge in [-0.1, -0.05) is 28.1 Å². The van der Waals surface area contributed by atoms with Crippen LogP contribution in [0.4, 0.5) is 11.4 Å². The van der Waals surface area contributed by atoms with Crippen molar-refractivity contribution in [2.45, 2.75) is 6.92 Å². The summed E-state index contributed by atoms with van der Waals surface area (Å²) in [7, 11) is 0. The molecule has 1 aromatic heterocycles. The molecule has 0 spiro atoms. The van der Waals surface area contributed by atoms with E-state index >= 15 is 0 Å². The number of aromatic nitrogens is 1. The van der Waals surface area contributed by atoms with Gasteiger partial charge >= 0.3 is 0 Å². The van der Waals surface area contributed by atoms with Gasteiger partial charge in [0.05, 0.1) is 15.5 Å². The number of halogens is 1. The Labute approximate surface area is 195 Å². The second-order valence-electron chi connectivity index (χ2n) is 6.70. The van der Waals surface area contributed by atoms with E-state index < -0.39 is 4.92 Å². The van der Waals surface area contributed by atoms with Crippen LogP contribution in [-0.4, -0.2) is 21.0 Å². The molecule has 0 saturated carbocycles. The van der Waals surface area contributed by atoms with Crippen molar-refractivity contribution in [2.24, 2.45) is 4.99 Å². The van der Waals surface area contributed by atoms with Crippen molar-refractivity contribution in [3.05, 3.63) is 91.4 Å². The van der Waals surface area contributed by atoms with Crippen molar-refractivity contribution in [3.63, 3.8) is 0 Å². The van der Waals surface area contributed by atoms with Crippen molar-refractivity contribution in [1.82, 2.24) is 10.3 Å². The molecular weight excluding hydrogens is 496 g/mol. The Bertz CT molecular complexity index is 1260. The molecular formula is C22H15BrN4O4S.